The van der Waals surface area contributed by atoms with Gasteiger partial charge in [-0.1, -0.05) is 0 Å². The number of hydrogen-bond acceptors (Lipinski definition) is 7. The van der Waals surface area contributed by atoms with Crippen molar-refractivity contribution in [2.45, 2.75) is 30.0 Å². The Morgan fingerprint density at radius 3 is 2.34 bits per heavy atom. The molecule has 1 aromatic heterocycles. The number of ether oxygens (including phenoxy) is 2. The van der Waals surface area contributed by atoms with E-state index < -0.39 is 21.6 Å². The highest BCUT2D eigenvalue weighted by molar-refractivity contribution is 7.90. The Kier molecular flexibility index (Phi) is 7.18. The summed E-state index contributed by atoms with van der Waals surface area (Å²) in [6, 6.07) is 13.7. The van der Waals surface area contributed by atoms with Crippen molar-refractivity contribution in [1.29, 1.82) is 0 Å². The maximum absolute atomic E-state index is 12.8. The van der Waals surface area contributed by atoms with E-state index in [0.29, 0.717) is 36.1 Å². The van der Waals surface area contributed by atoms with E-state index in [1.807, 2.05) is 0 Å². The number of aromatic nitrogens is 1. The molecule has 11 heteroatoms. The molecule has 35 heavy (non-hydrogen) atoms. The number of alkyl halides is 3. The van der Waals surface area contributed by atoms with E-state index in [1.54, 1.807) is 30.3 Å². The molecular formula is C24H24F3N3O4S. The highest BCUT2D eigenvalue weighted by Crippen LogP contribution is 2.35. The molecule has 0 spiro atoms. The lowest BCUT2D eigenvalue weighted by Crippen LogP contribution is -2.28. The van der Waals surface area contributed by atoms with Crippen molar-refractivity contribution < 1.29 is 31.1 Å². The monoisotopic (exact) mass is 507 g/mol. The molecule has 186 valence electrons. The van der Waals surface area contributed by atoms with Crippen LogP contribution in [0.1, 0.15) is 18.4 Å². The molecule has 1 saturated heterocycles. The fourth-order valence-electron chi connectivity index (χ4n) is 3.54. The maximum Gasteiger partial charge on any atom is 0.417 e. The van der Waals surface area contributed by atoms with Gasteiger partial charge in [-0.25, -0.2) is 13.4 Å². The zero-order chi connectivity index (χ0) is 25.1. The number of pyridine rings is 1. The number of anilines is 3. The molecule has 7 nitrogen and oxygen atoms in total. The van der Waals surface area contributed by atoms with E-state index in [0.717, 1.165) is 31.4 Å². The van der Waals surface area contributed by atoms with Crippen molar-refractivity contribution >= 4 is 27.0 Å². The number of sulfone groups is 1. The molecular weight excluding hydrogens is 483 g/mol. The first-order chi connectivity index (χ1) is 16.6. The van der Waals surface area contributed by atoms with E-state index in [-0.39, 0.29) is 16.8 Å². The van der Waals surface area contributed by atoms with Crippen molar-refractivity contribution in [3.05, 3.63) is 66.4 Å². The Balaban J connectivity index is 1.57. The molecule has 0 radical (unpaired) electrons. The van der Waals surface area contributed by atoms with Crippen molar-refractivity contribution in [3.8, 4) is 11.5 Å². The van der Waals surface area contributed by atoms with Crippen LogP contribution in [0.5, 0.6) is 11.5 Å². The van der Waals surface area contributed by atoms with Crippen molar-refractivity contribution in [2.24, 2.45) is 0 Å². The Hall–Kier alpha value is -3.31. The van der Waals surface area contributed by atoms with Gasteiger partial charge in [0, 0.05) is 37.4 Å². The van der Waals surface area contributed by atoms with Gasteiger partial charge in [0.1, 0.15) is 11.6 Å². The van der Waals surface area contributed by atoms with Crippen LogP contribution < -0.4 is 15.4 Å². The first-order valence-electron chi connectivity index (χ1n) is 10.8. The summed E-state index contributed by atoms with van der Waals surface area (Å²) >= 11 is 0. The lowest BCUT2D eigenvalue weighted by molar-refractivity contribution is -0.137. The number of benzene rings is 2. The number of nitrogens with one attached hydrogen (secondary N) is 2. The Labute approximate surface area is 201 Å². The van der Waals surface area contributed by atoms with Crippen LogP contribution in [0.2, 0.25) is 0 Å². The molecule has 4 rings (SSSR count). The molecule has 0 unspecified atom stereocenters. The molecule has 3 aromatic rings. The molecule has 2 aromatic carbocycles. The van der Waals surface area contributed by atoms with E-state index >= 15 is 0 Å². The number of halogens is 3. The highest BCUT2D eigenvalue weighted by Gasteiger charge is 2.30. The minimum absolute atomic E-state index is 0.151. The first-order valence-corrected chi connectivity index (χ1v) is 12.7. The van der Waals surface area contributed by atoms with Crippen molar-refractivity contribution in [3.63, 3.8) is 0 Å². The average Bonchev–Trinajstić information content (AvgIpc) is 2.81. The van der Waals surface area contributed by atoms with Gasteiger partial charge in [-0.15, -0.1) is 0 Å². The molecule has 0 bridgehead atoms. The van der Waals surface area contributed by atoms with Crippen LogP contribution in [0.4, 0.5) is 30.4 Å². The minimum atomic E-state index is -4.45. The minimum Gasteiger partial charge on any atom is -0.455 e. The maximum atomic E-state index is 12.8. The molecule has 0 aliphatic carbocycles. The smallest absolute Gasteiger partial charge is 0.417 e. The van der Waals surface area contributed by atoms with Gasteiger partial charge in [0.15, 0.2) is 15.6 Å². The summed E-state index contributed by atoms with van der Waals surface area (Å²) in [4.78, 5) is 4.04. The topological polar surface area (TPSA) is 89.6 Å². The summed E-state index contributed by atoms with van der Waals surface area (Å²) < 4.78 is 73.3. The molecule has 0 saturated carbocycles. The molecule has 1 aliphatic rings. The second-order valence-corrected chi connectivity index (χ2v) is 10.2. The van der Waals surface area contributed by atoms with Crippen LogP contribution in [0.3, 0.4) is 0 Å². The summed E-state index contributed by atoms with van der Waals surface area (Å²) in [5.41, 5.74) is 0.447. The standard InChI is InChI=1S/C24H24F3N3O4S/c1-35(31,32)20-6-4-19(5-7-20)34-22-8-3-18(14-21(22)29-17-10-12-33-13-11-17)30-23-9-2-16(15-28-23)24(25,26)27/h2-9,14-15,17,29H,10-13H2,1H3,(H,28,30). The summed E-state index contributed by atoms with van der Waals surface area (Å²) in [6.07, 6.45) is -0.927. The SMILES string of the molecule is CS(=O)(=O)c1ccc(Oc2ccc(Nc3ccc(C(F)(F)F)cn3)cc2NC2CCOCC2)cc1. The third kappa shape index (κ3) is 6.64. The van der Waals surface area contributed by atoms with Gasteiger partial charge in [0.2, 0.25) is 0 Å². The van der Waals surface area contributed by atoms with E-state index in [9.17, 15) is 21.6 Å². The fourth-order valence-corrected chi connectivity index (χ4v) is 4.17. The normalized spacial score (nSPS) is 15.0. The molecule has 0 atom stereocenters. The van der Waals surface area contributed by atoms with Crippen LogP contribution in [-0.4, -0.2) is 38.9 Å². The second kappa shape index (κ2) is 10.1. The molecule has 0 amide bonds. The van der Waals surface area contributed by atoms with E-state index in [4.69, 9.17) is 9.47 Å². The van der Waals surface area contributed by atoms with Gasteiger partial charge < -0.3 is 20.1 Å². The average molecular weight is 508 g/mol. The predicted molar refractivity (Wildman–Crippen MR) is 126 cm³/mol. The molecule has 2 heterocycles. The molecule has 2 N–H and O–H groups in total. The Bertz CT molecular complexity index is 1260. The van der Waals surface area contributed by atoms with Crippen molar-refractivity contribution in [2.75, 3.05) is 30.1 Å². The van der Waals surface area contributed by atoms with Gasteiger partial charge in [0.25, 0.3) is 0 Å². The lowest BCUT2D eigenvalue weighted by atomic mass is 10.1. The highest BCUT2D eigenvalue weighted by atomic mass is 32.2. The second-order valence-electron chi connectivity index (χ2n) is 8.14. The van der Waals surface area contributed by atoms with E-state index in [1.165, 1.54) is 18.2 Å². The van der Waals surface area contributed by atoms with Crippen LogP contribution >= 0.6 is 0 Å². The summed E-state index contributed by atoms with van der Waals surface area (Å²) in [6.45, 7) is 1.27. The Morgan fingerprint density at radius 1 is 1.03 bits per heavy atom. The van der Waals surface area contributed by atoms with Gasteiger partial charge in [-0.3, -0.25) is 0 Å². The number of hydrogen-bond donors (Lipinski definition) is 2. The zero-order valence-electron chi connectivity index (χ0n) is 18.8. The quantitative estimate of drug-likeness (QED) is 0.428. The first kappa shape index (κ1) is 24.8. The van der Waals surface area contributed by atoms with Crippen LogP contribution in [0, 0.1) is 0 Å². The van der Waals surface area contributed by atoms with Gasteiger partial charge in [-0.05, 0) is 67.4 Å². The van der Waals surface area contributed by atoms with Gasteiger partial charge in [-0.2, -0.15) is 13.2 Å². The Morgan fingerprint density at radius 2 is 1.74 bits per heavy atom. The largest absolute Gasteiger partial charge is 0.455 e. The van der Waals surface area contributed by atoms with Gasteiger partial charge >= 0.3 is 6.18 Å². The van der Waals surface area contributed by atoms with Crippen LogP contribution in [0.25, 0.3) is 0 Å². The summed E-state index contributed by atoms with van der Waals surface area (Å²) in [7, 11) is -3.32. The van der Waals surface area contributed by atoms with E-state index in [2.05, 4.69) is 15.6 Å². The zero-order valence-corrected chi connectivity index (χ0v) is 19.6. The van der Waals surface area contributed by atoms with Crippen LogP contribution in [0.15, 0.2) is 65.7 Å². The fraction of sp³-hybridized carbons (Fsp3) is 0.292. The summed E-state index contributed by atoms with van der Waals surface area (Å²) in [5.74, 6) is 1.23. The number of nitrogens with zero attached hydrogens (tertiary/aromatic N) is 1. The summed E-state index contributed by atoms with van der Waals surface area (Å²) in [5, 5.41) is 6.46. The predicted octanol–water partition coefficient (Wildman–Crippen LogP) is 5.63. The van der Waals surface area contributed by atoms with Crippen LogP contribution in [-0.2, 0) is 20.8 Å². The van der Waals surface area contributed by atoms with Gasteiger partial charge in [0.05, 0.1) is 16.1 Å². The molecule has 1 fully saturated rings. The molecule has 1 aliphatic heterocycles. The third-order valence-electron chi connectivity index (χ3n) is 5.40. The van der Waals surface area contributed by atoms with Crippen molar-refractivity contribution in [1.82, 2.24) is 4.98 Å². The lowest BCUT2D eigenvalue weighted by Gasteiger charge is -2.25. The number of rotatable bonds is 7. The third-order valence-corrected chi connectivity index (χ3v) is 6.53.